The summed E-state index contributed by atoms with van der Waals surface area (Å²) in [6.45, 7) is 1.85. The van der Waals surface area contributed by atoms with Crippen LogP contribution in [-0.2, 0) is 9.59 Å². The van der Waals surface area contributed by atoms with Gasteiger partial charge in [0, 0.05) is 33.4 Å². The standard InChI is InChI=1S/C24H17ClN2O4/c1-13-8-9-14(11-17(13)25)27-21(19-7-4-10-31-19)20(23(29)24(27)30)22(28)16-12-26-18-6-3-2-5-15(16)18/h2-12,21,26,28H,1H3/b22-20-. The predicted molar refractivity (Wildman–Crippen MR) is 118 cm³/mol. The number of carbonyl (C=O) groups excluding carboxylic acids is 2. The Kier molecular flexibility index (Phi) is 4.45. The molecule has 0 bridgehead atoms. The Bertz CT molecular complexity index is 1370. The van der Waals surface area contributed by atoms with Gasteiger partial charge in [0.2, 0.25) is 0 Å². The van der Waals surface area contributed by atoms with Crippen LogP contribution in [0.3, 0.4) is 0 Å². The van der Waals surface area contributed by atoms with Crippen LogP contribution in [0.5, 0.6) is 0 Å². The van der Waals surface area contributed by atoms with E-state index < -0.39 is 17.7 Å². The first-order chi connectivity index (χ1) is 15.0. The van der Waals surface area contributed by atoms with Crippen LogP contribution >= 0.6 is 11.6 Å². The number of aliphatic hydroxyl groups is 1. The minimum Gasteiger partial charge on any atom is -0.507 e. The molecule has 4 aromatic rings. The van der Waals surface area contributed by atoms with E-state index in [1.807, 2.05) is 31.2 Å². The number of nitrogens with zero attached hydrogens (tertiary/aromatic N) is 1. The number of aliphatic hydroxyl groups excluding tert-OH is 1. The zero-order chi connectivity index (χ0) is 21.7. The average molecular weight is 433 g/mol. The van der Waals surface area contributed by atoms with Crippen LogP contribution in [0, 0.1) is 6.92 Å². The number of fused-ring (bicyclic) bond motifs is 1. The normalized spacial score (nSPS) is 18.3. The molecule has 3 heterocycles. The zero-order valence-electron chi connectivity index (χ0n) is 16.4. The summed E-state index contributed by atoms with van der Waals surface area (Å²) in [5.74, 6) is -1.46. The summed E-state index contributed by atoms with van der Waals surface area (Å²) in [4.78, 5) is 30.6. The average Bonchev–Trinajstić information content (AvgIpc) is 3.49. The first-order valence-electron chi connectivity index (χ1n) is 9.64. The fourth-order valence-electron chi connectivity index (χ4n) is 3.96. The molecule has 1 aliphatic rings. The molecule has 1 amide bonds. The largest absolute Gasteiger partial charge is 0.507 e. The van der Waals surface area contributed by atoms with Gasteiger partial charge in [-0.05, 0) is 42.8 Å². The van der Waals surface area contributed by atoms with Gasteiger partial charge in [0.1, 0.15) is 17.6 Å². The summed E-state index contributed by atoms with van der Waals surface area (Å²) in [6.07, 6.45) is 3.08. The van der Waals surface area contributed by atoms with Crippen molar-refractivity contribution in [2.75, 3.05) is 4.90 Å². The van der Waals surface area contributed by atoms with Crippen molar-refractivity contribution in [3.05, 3.63) is 94.5 Å². The highest BCUT2D eigenvalue weighted by molar-refractivity contribution is 6.52. The van der Waals surface area contributed by atoms with Crippen molar-refractivity contribution in [2.24, 2.45) is 0 Å². The van der Waals surface area contributed by atoms with Gasteiger partial charge in [-0.1, -0.05) is 35.9 Å². The summed E-state index contributed by atoms with van der Waals surface area (Å²) in [5, 5.41) is 12.4. The number of Topliss-reactive ketones (excluding diaryl/α,β-unsaturated/α-hetero) is 1. The Balaban J connectivity index is 1.74. The van der Waals surface area contributed by atoms with E-state index in [-0.39, 0.29) is 11.3 Å². The van der Waals surface area contributed by atoms with Crippen LogP contribution in [0.4, 0.5) is 5.69 Å². The van der Waals surface area contributed by atoms with Gasteiger partial charge in [-0.3, -0.25) is 14.5 Å². The second kappa shape index (κ2) is 7.18. The van der Waals surface area contributed by atoms with E-state index in [4.69, 9.17) is 16.0 Å². The van der Waals surface area contributed by atoms with Gasteiger partial charge < -0.3 is 14.5 Å². The molecule has 154 valence electrons. The fraction of sp³-hybridized carbons (Fsp3) is 0.0833. The van der Waals surface area contributed by atoms with Gasteiger partial charge in [0.15, 0.2) is 0 Å². The number of ketones is 1. The number of aryl methyl sites for hydroxylation is 1. The molecule has 0 aliphatic carbocycles. The fourth-order valence-corrected chi connectivity index (χ4v) is 4.13. The Labute approximate surface area is 182 Å². The minimum absolute atomic E-state index is 0.0404. The molecule has 5 rings (SSSR count). The van der Waals surface area contributed by atoms with Crippen molar-refractivity contribution >= 4 is 45.6 Å². The Morgan fingerprint density at radius 2 is 1.94 bits per heavy atom. The van der Waals surface area contributed by atoms with Crippen LogP contribution in [0.25, 0.3) is 16.7 Å². The molecule has 1 atom stereocenters. The molecule has 1 aliphatic heterocycles. The predicted octanol–water partition coefficient (Wildman–Crippen LogP) is 5.35. The number of amides is 1. The van der Waals surface area contributed by atoms with Gasteiger partial charge in [-0.15, -0.1) is 0 Å². The summed E-state index contributed by atoms with van der Waals surface area (Å²) in [6, 6.07) is 14.9. The maximum atomic E-state index is 13.1. The van der Waals surface area contributed by atoms with Crippen molar-refractivity contribution in [3.8, 4) is 0 Å². The molecule has 1 fully saturated rings. The number of furan rings is 1. The Morgan fingerprint density at radius 3 is 2.68 bits per heavy atom. The zero-order valence-corrected chi connectivity index (χ0v) is 17.2. The van der Waals surface area contributed by atoms with Gasteiger partial charge in [-0.25, -0.2) is 0 Å². The first kappa shape index (κ1) is 19.2. The van der Waals surface area contributed by atoms with E-state index >= 15 is 0 Å². The second-order valence-electron chi connectivity index (χ2n) is 7.37. The number of hydrogen-bond acceptors (Lipinski definition) is 4. The van der Waals surface area contributed by atoms with Crippen LogP contribution in [-0.4, -0.2) is 21.8 Å². The second-order valence-corrected chi connectivity index (χ2v) is 7.77. The van der Waals surface area contributed by atoms with E-state index in [2.05, 4.69) is 4.98 Å². The number of nitrogens with one attached hydrogen (secondary N) is 1. The van der Waals surface area contributed by atoms with Crippen LogP contribution in [0.1, 0.15) is 22.9 Å². The number of para-hydroxylation sites is 1. The molecule has 31 heavy (non-hydrogen) atoms. The lowest BCUT2D eigenvalue weighted by Crippen LogP contribution is -2.29. The molecular weight excluding hydrogens is 416 g/mol. The lowest BCUT2D eigenvalue weighted by atomic mass is 9.99. The van der Waals surface area contributed by atoms with E-state index in [9.17, 15) is 14.7 Å². The molecule has 7 heteroatoms. The van der Waals surface area contributed by atoms with E-state index in [1.165, 1.54) is 11.2 Å². The van der Waals surface area contributed by atoms with Gasteiger partial charge >= 0.3 is 0 Å². The third-order valence-electron chi connectivity index (χ3n) is 5.54. The third-order valence-corrected chi connectivity index (χ3v) is 5.94. The minimum atomic E-state index is -0.928. The monoisotopic (exact) mass is 432 g/mol. The van der Waals surface area contributed by atoms with Crippen LogP contribution in [0.15, 0.2) is 77.0 Å². The van der Waals surface area contributed by atoms with E-state index in [0.717, 1.165) is 16.5 Å². The molecule has 0 saturated carbocycles. The Morgan fingerprint density at radius 1 is 1.13 bits per heavy atom. The first-order valence-corrected chi connectivity index (χ1v) is 10.0. The molecule has 2 N–H and O–H groups in total. The van der Waals surface area contributed by atoms with Crippen molar-refractivity contribution in [1.82, 2.24) is 4.98 Å². The third kappa shape index (κ3) is 2.95. The maximum Gasteiger partial charge on any atom is 0.300 e. The summed E-state index contributed by atoms with van der Waals surface area (Å²) in [7, 11) is 0. The van der Waals surface area contributed by atoms with Crippen LogP contribution in [0.2, 0.25) is 5.02 Å². The summed E-state index contributed by atoms with van der Waals surface area (Å²) in [5.41, 5.74) is 2.49. The topological polar surface area (TPSA) is 86.5 Å². The van der Waals surface area contributed by atoms with E-state index in [0.29, 0.717) is 22.0 Å². The van der Waals surface area contributed by atoms with Crippen molar-refractivity contribution in [3.63, 3.8) is 0 Å². The SMILES string of the molecule is Cc1ccc(N2C(=O)C(=O)/C(=C(\O)c3c[nH]c4ccccc34)C2c2ccco2)cc1Cl. The maximum absolute atomic E-state index is 13.1. The molecule has 1 unspecified atom stereocenters. The highest BCUT2D eigenvalue weighted by Crippen LogP contribution is 2.43. The number of carbonyl (C=O) groups is 2. The van der Waals surface area contributed by atoms with Gasteiger partial charge in [-0.2, -0.15) is 0 Å². The number of H-pyrrole nitrogens is 1. The molecule has 2 aromatic heterocycles. The lowest BCUT2D eigenvalue weighted by molar-refractivity contribution is -0.132. The molecule has 0 radical (unpaired) electrons. The van der Waals surface area contributed by atoms with Gasteiger partial charge in [0.05, 0.1) is 11.8 Å². The quantitative estimate of drug-likeness (QED) is 0.259. The summed E-state index contributed by atoms with van der Waals surface area (Å²) < 4.78 is 5.57. The summed E-state index contributed by atoms with van der Waals surface area (Å²) >= 11 is 6.28. The molecule has 6 nitrogen and oxygen atoms in total. The molecule has 0 spiro atoms. The van der Waals surface area contributed by atoms with E-state index in [1.54, 1.807) is 36.5 Å². The number of hydrogen-bond donors (Lipinski definition) is 2. The highest BCUT2D eigenvalue weighted by atomic mass is 35.5. The number of aromatic amines is 1. The number of rotatable bonds is 3. The molecule has 2 aromatic carbocycles. The van der Waals surface area contributed by atoms with Gasteiger partial charge in [0.25, 0.3) is 11.7 Å². The molecular formula is C24H17ClN2O4. The number of anilines is 1. The Hall–Kier alpha value is -3.77. The number of halogens is 1. The van der Waals surface area contributed by atoms with Crippen LogP contribution < -0.4 is 4.90 Å². The lowest BCUT2D eigenvalue weighted by Gasteiger charge is -2.23. The smallest absolute Gasteiger partial charge is 0.300 e. The number of benzene rings is 2. The van der Waals surface area contributed by atoms with Crippen molar-refractivity contribution in [1.29, 1.82) is 0 Å². The van der Waals surface area contributed by atoms with Crippen molar-refractivity contribution < 1.29 is 19.1 Å². The number of aromatic nitrogens is 1. The van der Waals surface area contributed by atoms with Crippen molar-refractivity contribution in [2.45, 2.75) is 13.0 Å². The highest BCUT2D eigenvalue weighted by Gasteiger charge is 2.48. The molecule has 1 saturated heterocycles.